The zero-order chi connectivity index (χ0) is 19.2. The van der Waals surface area contributed by atoms with Gasteiger partial charge in [-0.15, -0.1) is 10.2 Å². The van der Waals surface area contributed by atoms with E-state index in [1.807, 2.05) is 42.6 Å². The SMILES string of the molecule is c1ccc2c(c1)CC(c1nnc(-c3cncc(-c4ccc5c(c4)CCO5)c3)o1)O2. The minimum atomic E-state index is -0.249. The van der Waals surface area contributed by atoms with Crippen LogP contribution in [0, 0.1) is 0 Å². The highest BCUT2D eigenvalue weighted by Gasteiger charge is 2.29. The van der Waals surface area contributed by atoms with Gasteiger partial charge in [0.25, 0.3) is 5.89 Å². The molecule has 0 radical (unpaired) electrons. The number of hydrogen-bond donors (Lipinski definition) is 0. The molecule has 6 nitrogen and oxygen atoms in total. The second kappa shape index (κ2) is 6.44. The highest BCUT2D eigenvalue weighted by atomic mass is 16.5. The minimum Gasteiger partial charge on any atom is -0.493 e. The summed E-state index contributed by atoms with van der Waals surface area (Å²) in [5.41, 5.74) is 5.26. The van der Waals surface area contributed by atoms with E-state index in [4.69, 9.17) is 13.9 Å². The summed E-state index contributed by atoms with van der Waals surface area (Å²) in [6.07, 6.45) is 5.00. The summed E-state index contributed by atoms with van der Waals surface area (Å²) in [4.78, 5) is 4.38. The van der Waals surface area contributed by atoms with E-state index in [-0.39, 0.29) is 6.10 Å². The molecular formula is C23H17N3O3. The highest BCUT2D eigenvalue weighted by molar-refractivity contribution is 5.70. The van der Waals surface area contributed by atoms with Gasteiger partial charge in [0.2, 0.25) is 5.89 Å². The molecule has 0 saturated carbocycles. The number of para-hydroxylation sites is 1. The molecule has 2 aromatic heterocycles. The molecule has 1 atom stereocenters. The van der Waals surface area contributed by atoms with Crippen LogP contribution in [-0.4, -0.2) is 21.8 Å². The number of rotatable bonds is 3. The third-order valence-corrected chi connectivity index (χ3v) is 5.37. The second-order valence-electron chi connectivity index (χ2n) is 7.25. The number of fused-ring (bicyclic) bond motifs is 2. The van der Waals surface area contributed by atoms with Gasteiger partial charge in [-0.1, -0.05) is 24.3 Å². The number of pyridine rings is 1. The van der Waals surface area contributed by atoms with Gasteiger partial charge in [0.1, 0.15) is 11.5 Å². The van der Waals surface area contributed by atoms with Gasteiger partial charge in [-0.3, -0.25) is 4.98 Å². The summed E-state index contributed by atoms with van der Waals surface area (Å²) >= 11 is 0. The Morgan fingerprint density at radius 3 is 2.72 bits per heavy atom. The maximum Gasteiger partial charge on any atom is 0.257 e. The van der Waals surface area contributed by atoms with Gasteiger partial charge in [0, 0.05) is 30.8 Å². The Labute approximate surface area is 167 Å². The van der Waals surface area contributed by atoms with Crippen molar-refractivity contribution in [2.24, 2.45) is 0 Å². The lowest BCUT2D eigenvalue weighted by molar-refractivity contribution is 0.199. The first-order chi connectivity index (χ1) is 14.3. The predicted octanol–water partition coefficient (Wildman–Crippen LogP) is 4.41. The van der Waals surface area contributed by atoms with Crippen LogP contribution in [0.5, 0.6) is 11.5 Å². The molecule has 4 aromatic rings. The quantitative estimate of drug-likeness (QED) is 0.522. The van der Waals surface area contributed by atoms with E-state index in [0.717, 1.165) is 53.2 Å². The minimum absolute atomic E-state index is 0.249. The van der Waals surface area contributed by atoms with Gasteiger partial charge < -0.3 is 13.9 Å². The maximum atomic E-state index is 5.95. The van der Waals surface area contributed by atoms with E-state index in [1.54, 1.807) is 6.20 Å². The van der Waals surface area contributed by atoms with Crippen LogP contribution in [0.15, 0.2) is 65.3 Å². The van der Waals surface area contributed by atoms with E-state index < -0.39 is 0 Å². The van der Waals surface area contributed by atoms with E-state index in [0.29, 0.717) is 11.8 Å². The third-order valence-electron chi connectivity index (χ3n) is 5.37. The van der Waals surface area contributed by atoms with Crippen LogP contribution in [0.1, 0.15) is 23.1 Å². The van der Waals surface area contributed by atoms with E-state index >= 15 is 0 Å². The molecule has 1 unspecified atom stereocenters. The Kier molecular flexibility index (Phi) is 3.62. The monoisotopic (exact) mass is 383 g/mol. The molecule has 0 spiro atoms. The molecule has 0 bridgehead atoms. The molecule has 2 aliphatic rings. The zero-order valence-corrected chi connectivity index (χ0v) is 15.5. The molecule has 2 aliphatic heterocycles. The van der Waals surface area contributed by atoms with Gasteiger partial charge in [0.15, 0.2) is 6.10 Å². The number of hydrogen-bond acceptors (Lipinski definition) is 6. The summed E-state index contributed by atoms with van der Waals surface area (Å²) in [5.74, 6) is 2.77. The first kappa shape index (κ1) is 16.3. The van der Waals surface area contributed by atoms with Crippen molar-refractivity contribution in [1.29, 1.82) is 0 Å². The van der Waals surface area contributed by atoms with Gasteiger partial charge in [0.05, 0.1) is 12.2 Å². The van der Waals surface area contributed by atoms with Crippen LogP contribution in [0.2, 0.25) is 0 Å². The zero-order valence-electron chi connectivity index (χ0n) is 15.5. The lowest BCUT2D eigenvalue weighted by Crippen LogP contribution is -2.03. The largest absolute Gasteiger partial charge is 0.493 e. The van der Waals surface area contributed by atoms with Crippen LogP contribution in [0.25, 0.3) is 22.6 Å². The second-order valence-corrected chi connectivity index (χ2v) is 7.25. The van der Waals surface area contributed by atoms with Crippen molar-refractivity contribution in [3.63, 3.8) is 0 Å². The van der Waals surface area contributed by atoms with Crippen molar-refractivity contribution in [2.45, 2.75) is 18.9 Å². The van der Waals surface area contributed by atoms with E-state index in [2.05, 4.69) is 27.3 Å². The molecule has 2 aromatic carbocycles. The van der Waals surface area contributed by atoms with Crippen LogP contribution < -0.4 is 9.47 Å². The van der Waals surface area contributed by atoms with Crippen LogP contribution >= 0.6 is 0 Å². The van der Waals surface area contributed by atoms with Crippen LogP contribution in [0.3, 0.4) is 0 Å². The van der Waals surface area contributed by atoms with Crippen molar-refractivity contribution in [2.75, 3.05) is 6.61 Å². The third kappa shape index (κ3) is 2.84. The van der Waals surface area contributed by atoms with Gasteiger partial charge in [-0.2, -0.15) is 0 Å². The molecule has 0 N–H and O–H groups in total. The summed E-state index contributed by atoms with van der Waals surface area (Å²) in [6.45, 7) is 0.745. The fourth-order valence-corrected chi connectivity index (χ4v) is 3.88. The lowest BCUT2D eigenvalue weighted by atomic mass is 10.0. The first-order valence-corrected chi connectivity index (χ1v) is 9.63. The molecular weight excluding hydrogens is 366 g/mol. The standard InChI is InChI=1S/C23H17N3O3/c1-2-4-20-15(3-1)11-21(28-20)23-26-25-22(29-23)18-10-17(12-24-13-18)14-5-6-19-16(9-14)7-8-27-19/h1-6,9-10,12-13,21H,7-8,11H2. The normalized spacial score (nSPS) is 16.8. The van der Waals surface area contributed by atoms with Gasteiger partial charge in [-0.05, 0) is 41.0 Å². The number of ether oxygens (including phenoxy) is 2. The molecule has 0 amide bonds. The summed E-state index contributed by atoms with van der Waals surface area (Å²) in [7, 11) is 0. The highest BCUT2D eigenvalue weighted by Crippen LogP contribution is 2.37. The average molecular weight is 383 g/mol. The van der Waals surface area contributed by atoms with Crippen molar-refractivity contribution in [1.82, 2.24) is 15.2 Å². The Morgan fingerprint density at radius 1 is 0.828 bits per heavy atom. The maximum absolute atomic E-state index is 5.95. The fourth-order valence-electron chi connectivity index (χ4n) is 3.88. The Bertz CT molecular complexity index is 1190. The molecule has 0 saturated heterocycles. The predicted molar refractivity (Wildman–Crippen MR) is 106 cm³/mol. The van der Waals surface area contributed by atoms with Crippen molar-refractivity contribution in [3.05, 3.63) is 77.9 Å². The fraction of sp³-hybridized carbons (Fsp3) is 0.174. The van der Waals surface area contributed by atoms with Crippen molar-refractivity contribution < 1.29 is 13.9 Å². The summed E-state index contributed by atoms with van der Waals surface area (Å²) in [6, 6.07) is 16.2. The first-order valence-electron chi connectivity index (χ1n) is 9.63. The van der Waals surface area contributed by atoms with E-state index in [1.165, 1.54) is 5.56 Å². The lowest BCUT2D eigenvalue weighted by Gasteiger charge is -2.06. The molecule has 0 aliphatic carbocycles. The Balaban J connectivity index is 1.29. The molecule has 29 heavy (non-hydrogen) atoms. The molecule has 4 heterocycles. The average Bonchev–Trinajstić information content (AvgIpc) is 3.52. The van der Waals surface area contributed by atoms with Gasteiger partial charge in [-0.25, -0.2) is 0 Å². The van der Waals surface area contributed by atoms with Gasteiger partial charge >= 0.3 is 0 Å². The summed E-state index contributed by atoms with van der Waals surface area (Å²) < 4.78 is 17.5. The molecule has 6 rings (SSSR count). The Hall–Kier alpha value is -3.67. The number of nitrogens with zero attached hydrogens (tertiary/aromatic N) is 3. The Morgan fingerprint density at radius 2 is 1.76 bits per heavy atom. The van der Waals surface area contributed by atoms with Crippen LogP contribution in [0.4, 0.5) is 0 Å². The molecule has 142 valence electrons. The smallest absolute Gasteiger partial charge is 0.257 e. The van der Waals surface area contributed by atoms with Crippen molar-refractivity contribution >= 4 is 0 Å². The number of aromatic nitrogens is 3. The van der Waals surface area contributed by atoms with E-state index in [9.17, 15) is 0 Å². The van der Waals surface area contributed by atoms with Crippen LogP contribution in [-0.2, 0) is 12.8 Å². The number of benzene rings is 2. The topological polar surface area (TPSA) is 70.3 Å². The summed E-state index contributed by atoms with van der Waals surface area (Å²) in [5, 5.41) is 8.45. The van der Waals surface area contributed by atoms with Crippen molar-refractivity contribution in [3.8, 4) is 34.1 Å². The molecule has 0 fully saturated rings. The molecule has 6 heteroatoms.